The summed E-state index contributed by atoms with van der Waals surface area (Å²) in [5.41, 5.74) is 18.9. The average Bonchev–Trinajstić information content (AvgIpc) is 4.04. The Morgan fingerprint density at radius 2 is 0.778 bits per heavy atom. The minimum atomic E-state index is 0.918. The molecule has 0 fully saturated rings. The predicted octanol–water partition coefficient (Wildman–Crippen LogP) is 18.0. The topological polar surface area (TPSA) is 38.0 Å². The van der Waals surface area contributed by atoms with Gasteiger partial charge in [-0.3, -0.25) is 4.57 Å². The van der Waals surface area contributed by atoms with Crippen molar-refractivity contribution in [1.29, 1.82) is 0 Å². The highest BCUT2D eigenvalue weighted by atomic mass is 15.1. The third-order valence-corrected chi connectivity index (χ3v) is 13.7. The predicted molar refractivity (Wildman–Crippen MR) is 302 cm³/mol. The molecule has 0 saturated heterocycles. The second kappa shape index (κ2) is 18.3. The molecule has 2 aromatic heterocycles. The number of para-hydroxylation sites is 5. The van der Waals surface area contributed by atoms with Gasteiger partial charge in [-0.25, -0.2) is 4.98 Å². The number of rotatable bonds is 11. The number of anilines is 5. The van der Waals surface area contributed by atoms with Crippen LogP contribution in [0.4, 0.5) is 28.4 Å². The van der Waals surface area contributed by atoms with E-state index in [0.717, 1.165) is 79.1 Å². The van der Waals surface area contributed by atoms with Crippen molar-refractivity contribution in [2.75, 3.05) is 10.2 Å². The van der Waals surface area contributed by atoms with Crippen molar-refractivity contribution in [2.45, 2.75) is 0 Å². The third-order valence-electron chi connectivity index (χ3n) is 13.7. The summed E-state index contributed by atoms with van der Waals surface area (Å²) in [6.07, 6.45) is 0. The van der Waals surface area contributed by atoms with Crippen LogP contribution in [-0.4, -0.2) is 14.1 Å². The van der Waals surface area contributed by atoms with Gasteiger partial charge in [-0.1, -0.05) is 152 Å². The van der Waals surface area contributed by atoms with Crippen LogP contribution in [0.15, 0.2) is 279 Å². The molecule has 0 atom stereocenters. The van der Waals surface area contributed by atoms with Gasteiger partial charge in [0, 0.05) is 50.8 Å². The molecule has 2 heterocycles. The zero-order valence-electron chi connectivity index (χ0n) is 39.3. The number of fused-ring (bicyclic) bond motifs is 3. The fourth-order valence-electron chi connectivity index (χ4n) is 10.1. The van der Waals surface area contributed by atoms with Gasteiger partial charge in [-0.05, 0) is 166 Å². The summed E-state index contributed by atoms with van der Waals surface area (Å²) in [5.74, 6) is 0.918. The first-order valence-corrected chi connectivity index (χ1v) is 24.4. The van der Waals surface area contributed by atoms with Crippen molar-refractivity contribution >= 4 is 61.1 Å². The van der Waals surface area contributed by atoms with E-state index in [1.807, 2.05) is 12.1 Å². The van der Waals surface area contributed by atoms with E-state index in [1.165, 1.54) is 38.4 Å². The number of nitrogens with zero attached hydrogens (tertiary/aromatic N) is 4. The molecule has 1 N–H and O–H groups in total. The van der Waals surface area contributed by atoms with Crippen LogP contribution in [0.3, 0.4) is 0 Å². The van der Waals surface area contributed by atoms with Crippen LogP contribution in [0.5, 0.6) is 0 Å². The summed E-state index contributed by atoms with van der Waals surface area (Å²) in [4.78, 5) is 7.41. The quantitative estimate of drug-likeness (QED) is 0.140. The highest BCUT2D eigenvalue weighted by Crippen LogP contribution is 2.40. The fourth-order valence-corrected chi connectivity index (χ4v) is 10.1. The molecule has 72 heavy (non-hydrogen) atoms. The zero-order chi connectivity index (χ0) is 47.8. The maximum Gasteiger partial charge on any atom is 0.145 e. The van der Waals surface area contributed by atoms with Crippen molar-refractivity contribution < 1.29 is 0 Å². The van der Waals surface area contributed by atoms with Crippen molar-refractivity contribution in [3.63, 3.8) is 0 Å². The molecule has 13 aromatic rings. The lowest BCUT2D eigenvalue weighted by Crippen LogP contribution is -2.10. The lowest BCUT2D eigenvalue weighted by Gasteiger charge is -2.26. The van der Waals surface area contributed by atoms with Crippen LogP contribution in [0, 0.1) is 0 Å². The van der Waals surface area contributed by atoms with E-state index in [1.54, 1.807) is 0 Å². The number of nitrogens with one attached hydrogen (secondary N) is 1. The fraction of sp³-hybridized carbons (Fsp3) is 0. The molecule has 0 aliphatic carbocycles. The minimum Gasteiger partial charge on any atom is -0.356 e. The molecule has 0 spiro atoms. The van der Waals surface area contributed by atoms with Gasteiger partial charge in [0.15, 0.2) is 0 Å². The van der Waals surface area contributed by atoms with E-state index in [4.69, 9.17) is 4.98 Å². The number of hydrogen-bond acceptors (Lipinski definition) is 3. The van der Waals surface area contributed by atoms with Crippen LogP contribution < -0.4 is 10.2 Å². The first-order chi connectivity index (χ1) is 35.7. The zero-order valence-corrected chi connectivity index (χ0v) is 39.3. The summed E-state index contributed by atoms with van der Waals surface area (Å²) < 4.78 is 4.59. The molecular formula is C67H47N5. The average molecular weight is 922 g/mol. The monoisotopic (exact) mass is 921 g/mol. The van der Waals surface area contributed by atoms with E-state index in [0.29, 0.717) is 0 Å². The van der Waals surface area contributed by atoms with Gasteiger partial charge >= 0.3 is 0 Å². The van der Waals surface area contributed by atoms with Gasteiger partial charge in [-0.15, -0.1) is 0 Å². The summed E-state index contributed by atoms with van der Waals surface area (Å²) in [7, 11) is 0. The molecule has 5 heteroatoms. The second-order valence-corrected chi connectivity index (χ2v) is 18.2. The Kier molecular flexibility index (Phi) is 10.8. The van der Waals surface area contributed by atoms with E-state index >= 15 is 0 Å². The summed E-state index contributed by atoms with van der Waals surface area (Å²) in [6, 6.07) is 99.5. The molecule has 0 aliphatic rings. The first kappa shape index (κ1) is 42.4. The molecular weight excluding hydrogens is 875 g/mol. The number of benzene rings is 11. The van der Waals surface area contributed by atoms with E-state index in [9.17, 15) is 0 Å². The number of hydrogen-bond donors (Lipinski definition) is 1. The summed E-state index contributed by atoms with van der Waals surface area (Å²) in [6.45, 7) is 0. The maximum absolute atomic E-state index is 5.04. The Morgan fingerprint density at radius 3 is 1.46 bits per heavy atom. The van der Waals surface area contributed by atoms with E-state index < -0.39 is 0 Å². The van der Waals surface area contributed by atoms with E-state index in [2.05, 4.69) is 286 Å². The van der Waals surface area contributed by atoms with Crippen LogP contribution in [0.2, 0.25) is 0 Å². The SMILES string of the molecule is c1ccc(-c2ccc(N(c3ccc(-c4cc5ccccc5n4-c4ccccc4)cc3)c3ccc4cc(-c5ccc(Nc6ccc(-c7nc8ccccc8n7-c7ccccc7)cc6)cc5)ccc4c3)cc2)cc1. The summed E-state index contributed by atoms with van der Waals surface area (Å²) in [5, 5.41) is 7.18. The van der Waals surface area contributed by atoms with Crippen molar-refractivity contribution in [3.8, 4) is 56.3 Å². The first-order valence-electron chi connectivity index (χ1n) is 24.4. The molecule has 5 nitrogen and oxygen atoms in total. The van der Waals surface area contributed by atoms with Gasteiger partial charge in [0.2, 0.25) is 0 Å². The molecule has 0 bridgehead atoms. The lowest BCUT2D eigenvalue weighted by molar-refractivity contribution is 1.10. The Morgan fingerprint density at radius 1 is 0.306 bits per heavy atom. The maximum atomic E-state index is 5.04. The van der Waals surface area contributed by atoms with Crippen LogP contribution in [-0.2, 0) is 0 Å². The van der Waals surface area contributed by atoms with Crippen LogP contribution in [0.25, 0.3) is 89.0 Å². The molecule has 13 rings (SSSR count). The van der Waals surface area contributed by atoms with Crippen LogP contribution >= 0.6 is 0 Å². The molecule has 0 amide bonds. The lowest BCUT2D eigenvalue weighted by atomic mass is 10.00. The second-order valence-electron chi connectivity index (χ2n) is 18.2. The van der Waals surface area contributed by atoms with Crippen molar-refractivity contribution in [1.82, 2.24) is 14.1 Å². The normalized spacial score (nSPS) is 11.3. The molecule has 0 radical (unpaired) electrons. The van der Waals surface area contributed by atoms with Gasteiger partial charge < -0.3 is 14.8 Å². The largest absolute Gasteiger partial charge is 0.356 e. The van der Waals surface area contributed by atoms with Gasteiger partial charge in [0.05, 0.1) is 22.2 Å². The minimum absolute atomic E-state index is 0.918. The van der Waals surface area contributed by atoms with Gasteiger partial charge in [0.25, 0.3) is 0 Å². The highest BCUT2D eigenvalue weighted by molar-refractivity contribution is 5.94. The number of aromatic nitrogens is 3. The van der Waals surface area contributed by atoms with Gasteiger partial charge in [0.1, 0.15) is 5.82 Å². The summed E-state index contributed by atoms with van der Waals surface area (Å²) >= 11 is 0. The van der Waals surface area contributed by atoms with E-state index in [-0.39, 0.29) is 0 Å². The molecule has 340 valence electrons. The van der Waals surface area contributed by atoms with Crippen LogP contribution in [0.1, 0.15) is 0 Å². The van der Waals surface area contributed by atoms with Crippen molar-refractivity contribution in [3.05, 3.63) is 279 Å². The Balaban J connectivity index is 0.777. The Bertz CT molecular complexity index is 4010. The Labute approximate surface area is 418 Å². The molecule has 11 aromatic carbocycles. The third kappa shape index (κ3) is 8.05. The number of imidazole rings is 1. The van der Waals surface area contributed by atoms with Crippen molar-refractivity contribution in [2.24, 2.45) is 0 Å². The Hall–Kier alpha value is -9.71. The van der Waals surface area contributed by atoms with Gasteiger partial charge in [-0.2, -0.15) is 0 Å². The standard InChI is InChI=1S/C67H47N5/c1-4-14-47(15-5-1)48-30-39-60(40-31-48)70(61-41-32-50(33-42-61)66-46-55-16-10-12-22-64(55)71(66)58-17-6-2-7-18-58)62-43-34-53-44-52(24-25-54(53)45-62)49-26-35-56(36-27-49)68-57-37-28-51(29-38-57)67-69-63-21-11-13-23-65(63)72(67)59-19-8-3-9-20-59/h1-46,68H. The molecule has 0 unspecified atom stereocenters. The highest BCUT2D eigenvalue weighted by Gasteiger charge is 2.18. The molecule has 0 saturated carbocycles. The smallest absolute Gasteiger partial charge is 0.145 e. The molecule has 0 aliphatic heterocycles.